The lowest BCUT2D eigenvalue weighted by molar-refractivity contribution is -0.152. The van der Waals surface area contributed by atoms with E-state index in [1.165, 1.54) is 0 Å². The molecule has 0 bridgehead atoms. The van der Waals surface area contributed by atoms with E-state index in [9.17, 15) is 14.4 Å². The summed E-state index contributed by atoms with van der Waals surface area (Å²) in [5, 5.41) is 9.16. The molecule has 0 saturated carbocycles. The highest BCUT2D eigenvalue weighted by Crippen LogP contribution is 2.57. The number of ether oxygens (including phenoxy) is 1. The van der Waals surface area contributed by atoms with Gasteiger partial charge in [0.05, 0.1) is 17.4 Å². The SMILES string of the molecule is CCCCCN1CC=C[C@]23O[C@]4(C)C=CCN(C)C(=O)[C@@H]4[C@H]2C(=O)N(CCCCCO)C3C1=O. The third-order valence-electron chi connectivity index (χ3n) is 7.93. The van der Waals surface area contributed by atoms with Gasteiger partial charge in [-0.1, -0.05) is 44.1 Å². The maximum atomic E-state index is 14.0. The van der Waals surface area contributed by atoms with Crippen LogP contribution in [0.3, 0.4) is 0 Å². The van der Waals surface area contributed by atoms with Gasteiger partial charge >= 0.3 is 0 Å². The van der Waals surface area contributed by atoms with Gasteiger partial charge < -0.3 is 24.5 Å². The van der Waals surface area contributed by atoms with Crippen molar-refractivity contribution in [2.45, 2.75) is 69.6 Å². The minimum atomic E-state index is -1.16. The molecule has 0 aliphatic carbocycles. The molecule has 1 spiro atoms. The summed E-state index contributed by atoms with van der Waals surface area (Å²) < 4.78 is 6.75. The largest absolute Gasteiger partial charge is 0.396 e. The number of amides is 3. The zero-order valence-electron chi connectivity index (χ0n) is 20.7. The third kappa shape index (κ3) is 3.98. The van der Waals surface area contributed by atoms with E-state index >= 15 is 0 Å². The average Bonchev–Trinajstić information content (AvgIpc) is 3.08. The van der Waals surface area contributed by atoms with Gasteiger partial charge in [-0.05, 0) is 32.6 Å². The van der Waals surface area contributed by atoms with Crippen LogP contribution in [0.2, 0.25) is 0 Å². The molecule has 5 atom stereocenters. The number of carbonyl (C=O) groups is 3. The van der Waals surface area contributed by atoms with Crippen LogP contribution < -0.4 is 0 Å². The molecule has 8 heteroatoms. The van der Waals surface area contributed by atoms with E-state index in [0.29, 0.717) is 39.0 Å². The van der Waals surface area contributed by atoms with Gasteiger partial charge in [0.15, 0.2) is 0 Å². The fourth-order valence-corrected chi connectivity index (χ4v) is 6.25. The summed E-state index contributed by atoms with van der Waals surface area (Å²) in [6.45, 7) is 6.11. The summed E-state index contributed by atoms with van der Waals surface area (Å²) in [4.78, 5) is 46.6. The average molecular weight is 474 g/mol. The molecule has 1 N–H and O–H groups in total. The van der Waals surface area contributed by atoms with Gasteiger partial charge in [-0.2, -0.15) is 0 Å². The highest BCUT2D eigenvalue weighted by molar-refractivity contribution is 6.00. The van der Waals surface area contributed by atoms with Crippen molar-refractivity contribution in [2.75, 3.05) is 39.8 Å². The molecule has 4 aliphatic heterocycles. The number of fused-ring (bicyclic) bond motifs is 2. The first-order chi connectivity index (χ1) is 16.3. The van der Waals surface area contributed by atoms with Crippen molar-refractivity contribution in [1.82, 2.24) is 14.7 Å². The zero-order valence-corrected chi connectivity index (χ0v) is 20.7. The van der Waals surface area contributed by atoms with E-state index in [-0.39, 0.29) is 24.3 Å². The molecule has 4 heterocycles. The number of hydrogen-bond acceptors (Lipinski definition) is 5. The second-order valence-corrected chi connectivity index (χ2v) is 10.3. The monoisotopic (exact) mass is 473 g/mol. The first kappa shape index (κ1) is 24.9. The van der Waals surface area contributed by atoms with Crippen LogP contribution in [0, 0.1) is 11.8 Å². The molecule has 0 aromatic carbocycles. The molecule has 1 unspecified atom stereocenters. The number of hydrogen-bond donors (Lipinski definition) is 1. The molecule has 8 nitrogen and oxygen atoms in total. The Labute approximate surface area is 202 Å². The number of likely N-dealkylation sites (N-methyl/N-ethyl adjacent to an activating group) is 1. The second kappa shape index (κ2) is 9.82. The van der Waals surface area contributed by atoms with Gasteiger partial charge in [0.25, 0.3) is 0 Å². The number of aliphatic hydroxyl groups is 1. The van der Waals surface area contributed by atoms with Gasteiger partial charge in [-0.15, -0.1) is 0 Å². The minimum Gasteiger partial charge on any atom is -0.396 e. The number of rotatable bonds is 9. The van der Waals surface area contributed by atoms with Crippen molar-refractivity contribution in [1.29, 1.82) is 0 Å². The fourth-order valence-electron chi connectivity index (χ4n) is 6.25. The Morgan fingerprint density at radius 2 is 1.68 bits per heavy atom. The first-order valence-corrected chi connectivity index (χ1v) is 12.8. The van der Waals surface area contributed by atoms with Gasteiger partial charge in [-0.25, -0.2) is 0 Å². The lowest BCUT2D eigenvalue weighted by Crippen LogP contribution is -2.56. The van der Waals surface area contributed by atoms with E-state index in [2.05, 4.69) is 6.92 Å². The Bertz CT molecular complexity index is 872. The van der Waals surface area contributed by atoms with Crippen LogP contribution in [0.1, 0.15) is 52.4 Å². The lowest BCUT2D eigenvalue weighted by Gasteiger charge is -2.37. The van der Waals surface area contributed by atoms with E-state index < -0.39 is 29.1 Å². The van der Waals surface area contributed by atoms with E-state index in [0.717, 1.165) is 25.7 Å². The smallest absolute Gasteiger partial charge is 0.249 e. The number of nitrogens with zero attached hydrogens (tertiary/aromatic N) is 3. The predicted octanol–water partition coefficient (Wildman–Crippen LogP) is 1.74. The molecule has 188 valence electrons. The van der Waals surface area contributed by atoms with Crippen LogP contribution in [-0.4, -0.2) is 94.6 Å². The molecular weight excluding hydrogens is 434 g/mol. The Kier molecular flexibility index (Phi) is 7.20. The highest BCUT2D eigenvalue weighted by atomic mass is 16.5. The van der Waals surface area contributed by atoms with Crippen LogP contribution in [0.5, 0.6) is 0 Å². The maximum absolute atomic E-state index is 14.0. The van der Waals surface area contributed by atoms with Crippen molar-refractivity contribution >= 4 is 17.7 Å². The summed E-state index contributed by atoms with van der Waals surface area (Å²) >= 11 is 0. The molecule has 3 amide bonds. The Hall–Kier alpha value is -2.19. The van der Waals surface area contributed by atoms with E-state index in [4.69, 9.17) is 9.84 Å². The zero-order chi connectivity index (χ0) is 24.5. The van der Waals surface area contributed by atoms with Crippen LogP contribution in [-0.2, 0) is 19.1 Å². The second-order valence-electron chi connectivity index (χ2n) is 10.3. The summed E-state index contributed by atoms with van der Waals surface area (Å²) in [5.41, 5.74) is -2.12. The highest BCUT2D eigenvalue weighted by Gasteiger charge is 2.74. The Morgan fingerprint density at radius 3 is 2.41 bits per heavy atom. The van der Waals surface area contributed by atoms with Gasteiger partial charge in [0.1, 0.15) is 11.6 Å². The van der Waals surface area contributed by atoms with Crippen LogP contribution in [0.4, 0.5) is 0 Å². The van der Waals surface area contributed by atoms with Gasteiger partial charge in [-0.3, -0.25) is 14.4 Å². The van der Waals surface area contributed by atoms with Crippen molar-refractivity contribution in [3.05, 3.63) is 24.3 Å². The fraction of sp³-hybridized carbons (Fsp3) is 0.731. The lowest BCUT2D eigenvalue weighted by atomic mass is 9.74. The van der Waals surface area contributed by atoms with Crippen LogP contribution in [0.25, 0.3) is 0 Å². The number of likely N-dealkylation sites (tertiary alicyclic amines) is 1. The van der Waals surface area contributed by atoms with Gasteiger partial charge in [0.2, 0.25) is 17.7 Å². The normalized spacial score (nSPS) is 34.9. The molecule has 0 aromatic rings. The summed E-state index contributed by atoms with van der Waals surface area (Å²) in [5.74, 6) is -1.81. The first-order valence-electron chi connectivity index (χ1n) is 12.8. The Balaban J connectivity index is 1.74. The summed E-state index contributed by atoms with van der Waals surface area (Å²) in [6, 6.07) is -0.783. The van der Waals surface area contributed by atoms with Crippen molar-refractivity contribution < 1.29 is 24.2 Å². The van der Waals surface area contributed by atoms with E-state index in [1.807, 2.05) is 36.1 Å². The molecule has 0 radical (unpaired) electrons. The van der Waals surface area contributed by atoms with Crippen LogP contribution in [0.15, 0.2) is 24.3 Å². The van der Waals surface area contributed by atoms with Crippen molar-refractivity contribution in [3.63, 3.8) is 0 Å². The molecule has 0 aromatic heterocycles. The summed E-state index contributed by atoms with van der Waals surface area (Å²) in [6.07, 6.45) is 12.8. The van der Waals surface area contributed by atoms with Crippen molar-refractivity contribution in [3.8, 4) is 0 Å². The van der Waals surface area contributed by atoms with E-state index in [1.54, 1.807) is 16.8 Å². The number of carbonyl (C=O) groups excluding carboxylic acids is 3. The standard InChI is InChI=1S/C26H39N3O5/c1-4-5-7-15-28-16-11-13-26-20(19-22(31)27(3)14-10-12-25(19,2)34-26)23(32)29(21(26)24(28)33)17-8-6-9-18-30/h10-13,19-21,30H,4-9,14-18H2,1-3H3/t19-,20-,21?,25+,26-/m0/s1. The summed E-state index contributed by atoms with van der Waals surface area (Å²) in [7, 11) is 1.75. The molecule has 2 fully saturated rings. The molecular formula is C26H39N3O5. The topological polar surface area (TPSA) is 90.4 Å². The molecule has 34 heavy (non-hydrogen) atoms. The number of aliphatic hydroxyl groups excluding tert-OH is 1. The quantitative estimate of drug-likeness (QED) is 0.407. The van der Waals surface area contributed by atoms with Crippen LogP contribution >= 0.6 is 0 Å². The minimum absolute atomic E-state index is 0.0936. The third-order valence-corrected chi connectivity index (χ3v) is 7.93. The van der Waals surface area contributed by atoms with Crippen molar-refractivity contribution in [2.24, 2.45) is 11.8 Å². The molecule has 4 aliphatic rings. The number of unbranched alkanes of at least 4 members (excludes halogenated alkanes) is 4. The van der Waals surface area contributed by atoms with Gasteiger partial charge in [0, 0.05) is 39.8 Å². The molecule has 4 rings (SSSR count). The Morgan fingerprint density at radius 1 is 0.941 bits per heavy atom. The maximum Gasteiger partial charge on any atom is 0.249 e. The predicted molar refractivity (Wildman–Crippen MR) is 128 cm³/mol. The molecule has 2 saturated heterocycles.